The van der Waals surface area contributed by atoms with E-state index >= 15 is 0 Å². The van der Waals surface area contributed by atoms with Crippen LogP contribution in [0.4, 0.5) is 10.5 Å². The molecule has 2 rings (SSSR count). The van der Waals surface area contributed by atoms with Crippen molar-refractivity contribution in [2.75, 3.05) is 12.8 Å². The molecule has 1 heterocycles. The first-order chi connectivity index (χ1) is 12.2. The lowest BCUT2D eigenvalue weighted by molar-refractivity contribution is -0.140. The van der Waals surface area contributed by atoms with Crippen LogP contribution in [0.3, 0.4) is 0 Å². The zero-order chi connectivity index (χ0) is 20.8. The van der Waals surface area contributed by atoms with Gasteiger partial charge in [-0.05, 0) is 59.7 Å². The van der Waals surface area contributed by atoms with Gasteiger partial charge in [0.1, 0.15) is 11.1 Å². The molecule has 0 saturated heterocycles. The highest BCUT2D eigenvalue weighted by Crippen LogP contribution is 2.49. The minimum atomic E-state index is -1.05. The van der Waals surface area contributed by atoms with Crippen LogP contribution in [0.5, 0.6) is 0 Å². The molecule has 148 valence electrons. The standard InChI is InChI=1S/C19H27ClN4O3/c1-17(2,3)27-16(26)22-15-23-19(6,18(4,5)14(25)24(15)7)12-10-11(21)8-9-13(12)20/h8-10H,21H2,1-7H3,(H,22,23,26). The molecule has 1 unspecified atom stereocenters. The van der Waals surface area contributed by atoms with Crippen molar-refractivity contribution in [3.05, 3.63) is 28.8 Å². The highest BCUT2D eigenvalue weighted by atomic mass is 35.5. The lowest BCUT2D eigenvalue weighted by Crippen LogP contribution is -2.60. The predicted molar refractivity (Wildman–Crippen MR) is 107 cm³/mol. The van der Waals surface area contributed by atoms with Crippen LogP contribution in [-0.2, 0) is 15.1 Å². The molecule has 2 amide bonds. The molecule has 1 aromatic carbocycles. The van der Waals surface area contributed by atoms with Crippen LogP contribution in [0.15, 0.2) is 23.2 Å². The van der Waals surface area contributed by atoms with Gasteiger partial charge in [0.15, 0.2) is 0 Å². The number of aliphatic imine (C=N–C) groups is 1. The molecule has 0 aromatic heterocycles. The molecule has 1 aliphatic rings. The van der Waals surface area contributed by atoms with Crippen molar-refractivity contribution in [1.82, 2.24) is 10.2 Å². The third kappa shape index (κ3) is 3.88. The molecule has 8 heteroatoms. The smallest absolute Gasteiger partial charge is 0.414 e. The summed E-state index contributed by atoms with van der Waals surface area (Å²) in [6, 6.07) is 5.06. The average Bonchev–Trinajstić information content (AvgIpc) is 2.51. The summed E-state index contributed by atoms with van der Waals surface area (Å²) in [4.78, 5) is 31.3. The fourth-order valence-electron chi connectivity index (χ4n) is 2.97. The van der Waals surface area contributed by atoms with Crippen molar-refractivity contribution in [3.8, 4) is 0 Å². The first-order valence-corrected chi connectivity index (χ1v) is 9.00. The van der Waals surface area contributed by atoms with Crippen molar-refractivity contribution in [2.24, 2.45) is 10.4 Å². The molecular formula is C19H27ClN4O3. The number of carbonyl (C=O) groups is 2. The summed E-state index contributed by atoms with van der Waals surface area (Å²) in [7, 11) is 1.56. The van der Waals surface area contributed by atoms with Crippen molar-refractivity contribution < 1.29 is 14.3 Å². The van der Waals surface area contributed by atoms with Crippen molar-refractivity contribution in [1.29, 1.82) is 0 Å². The molecule has 3 N–H and O–H groups in total. The zero-order valence-corrected chi connectivity index (χ0v) is 17.6. The number of anilines is 1. The number of hydrogen-bond donors (Lipinski definition) is 2. The SMILES string of the molecule is CN1C(=O)C(C)(C)C(C)(c2cc(N)ccc2Cl)N=C1NC(=O)OC(C)(C)C. The van der Waals surface area contributed by atoms with Crippen LogP contribution < -0.4 is 11.1 Å². The molecule has 0 aliphatic carbocycles. The number of alkyl carbamates (subject to hydrolysis) is 1. The van der Waals surface area contributed by atoms with E-state index < -0.39 is 22.6 Å². The zero-order valence-electron chi connectivity index (χ0n) is 16.8. The number of guanidine groups is 1. The van der Waals surface area contributed by atoms with E-state index in [1.165, 1.54) is 4.90 Å². The van der Waals surface area contributed by atoms with Gasteiger partial charge in [0.2, 0.25) is 11.9 Å². The molecule has 0 bridgehead atoms. The number of ether oxygens (including phenoxy) is 1. The third-order valence-electron chi connectivity index (χ3n) is 4.83. The quantitative estimate of drug-likeness (QED) is 0.712. The van der Waals surface area contributed by atoms with Crippen molar-refractivity contribution in [2.45, 2.75) is 52.7 Å². The minimum absolute atomic E-state index is 0.0922. The molecule has 27 heavy (non-hydrogen) atoms. The second-order valence-corrected chi connectivity index (χ2v) is 8.77. The Labute approximate surface area is 164 Å². The van der Waals surface area contributed by atoms with Gasteiger partial charge >= 0.3 is 6.09 Å². The van der Waals surface area contributed by atoms with Gasteiger partial charge in [-0.2, -0.15) is 0 Å². The first kappa shape index (κ1) is 21.0. The fraction of sp³-hybridized carbons (Fsp3) is 0.526. The maximum atomic E-state index is 13.1. The number of nitrogen functional groups attached to an aromatic ring is 1. The Morgan fingerprint density at radius 1 is 1.30 bits per heavy atom. The molecule has 0 fully saturated rings. The summed E-state index contributed by atoms with van der Waals surface area (Å²) in [6.07, 6.45) is -0.693. The summed E-state index contributed by atoms with van der Waals surface area (Å²) in [6.45, 7) is 10.6. The Bertz CT molecular complexity index is 814. The van der Waals surface area contributed by atoms with Gasteiger partial charge in [-0.1, -0.05) is 11.6 Å². The maximum absolute atomic E-state index is 13.1. The summed E-state index contributed by atoms with van der Waals surface area (Å²) in [5.74, 6) is -0.126. The summed E-state index contributed by atoms with van der Waals surface area (Å²) < 4.78 is 5.28. The molecule has 0 radical (unpaired) electrons. The van der Waals surface area contributed by atoms with Crippen LogP contribution in [0.1, 0.15) is 47.1 Å². The van der Waals surface area contributed by atoms with E-state index in [0.29, 0.717) is 16.3 Å². The van der Waals surface area contributed by atoms with E-state index in [1.807, 2.05) is 0 Å². The number of amides is 2. The number of nitrogens with one attached hydrogen (secondary N) is 1. The van der Waals surface area contributed by atoms with E-state index in [2.05, 4.69) is 5.32 Å². The van der Waals surface area contributed by atoms with Gasteiger partial charge in [0.05, 0.1) is 5.41 Å². The topological polar surface area (TPSA) is 97.0 Å². The van der Waals surface area contributed by atoms with Crippen LogP contribution in [-0.4, -0.2) is 35.5 Å². The molecule has 0 spiro atoms. The number of nitrogens with two attached hydrogens (primary N) is 1. The second kappa shape index (κ2) is 6.71. The Morgan fingerprint density at radius 3 is 2.44 bits per heavy atom. The van der Waals surface area contributed by atoms with Gasteiger partial charge in [0, 0.05) is 23.3 Å². The number of nitrogens with zero attached hydrogens (tertiary/aromatic N) is 2. The maximum Gasteiger partial charge on any atom is 0.414 e. The first-order valence-electron chi connectivity index (χ1n) is 8.62. The van der Waals surface area contributed by atoms with E-state index in [9.17, 15) is 9.59 Å². The third-order valence-corrected chi connectivity index (χ3v) is 5.16. The van der Waals surface area contributed by atoms with Crippen LogP contribution in [0.25, 0.3) is 0 Å². The number of hydrogen-bond acceptors (Lipinski definition) is 5. The van der Waals surface area contributed by atoms with Crippen LogP contribution >= 0.6 is 11.6 Å². The minimum Gasteiger partial charge on any atom is -0.444 e. The monoisotopic (exact) mass is 394 g/mol. The molecular weight excluding hydrogens is 368 g/mol. The number of rotatable bonds is 1. The van der Waals surface area contributed by atoms with Gasteiger partial charge in [-0.3, -0.25) is 15.0 Å². The lowest BCUT2D eigenvalue weighted by atomic mass is 9.67. The van der Waals surface area contributed by atoms with Crippen LogP contribution in [0.2, 0.25) is 5.02 Å². The largest absolute Gasteiger partial charge is 0.444 e. The van der Waals surface area contributed by atoms with E-state index in [1.54, 1.807) is 66.8 Å². The summed E-state index contributed by atoms with van der Waals surface area (Å²) >= 11 is 6.41. The summed E-state index contributed by atoms with van der Waals surface area (Å²) in [5, 5.41) is 3.01. The number of carbonyl (C=O) groups excluding carboxylic acids is 2. The predicted octanol–water partition coefficient (Wildman–Crippen LogP) is 3.52. The fourth-order valence-corrected chi connectivity index (χ4v) is 3.27. The normalized spacial score (nSPS) is 22.3. The molecule has 1 atom stereocenters. The number of benzene rings is 1. The van der Waals surface area contributed by atoms with Gasteiger partial charge < -0.3 is 10.5 Å². The molecule has 1 aliphatic heterocycles. The highest BCUT2D eigenvalue weighted by Gasteiger charge is 2.54. The van der Waals surface area contributed by atoms with Crippen molar-refractivity contribution in [3.63, 3.8) is 0 Å². The van der Waals surface area contributed by atoms with E-state index in [-0.39, 0.29) is 11.9 Å². The highest BCUT2D eigenvalue weighted by molar-refractivity contribution is 6.31. The second-order valence-electron chi connectivity index (χ2n) is 8.36. The van der Waals surface area contributed by atoms with E-state index in [4.69, 9.17) is 27.1 Å². The number of halogens is 1. The molecule has 0 saturated carbocycles. The van der Waals surface area contributed by atoms with Gasteiger partial charge in [0.25, 0.3) is 0 Å². The molecule has 7 nitrogen and oxygen atoms in total. The Kier molecular flexibility index (Phi) is 5.22. The van der Waals surface area contributed by atoms with Gasteiger partial charge in [-0.25, -0.2) is 9.79 Å². The summed E-state index contributed by atoms with van der Waals surface area (Å²) in [5.41, 5.74) is 4.40. The average molecular weight is 395 g/mol. The Hall–Kier alpha value is -2.28. The van der Waals surface area contributed by atoms with E-state index in [0.717, 1.165) is 0 Å². The van der Waals surface area contributed by atoms with Gasteiger partial charge in [-0.15, -0.1) is 0 Å². The Balaban J connectivity index is 2.57. The van der Waals surface area contributed by atoms with Crippen molar-refractivity contribution >= 4 is 35.2 Å². The Morgan fingerprint density at radius 2 is 1.89 bits per heavy atom. The van der Waals surface area contributed by atoms with Crippen LogP contribution in [0, 0.1) is 5.41 Å². The molecule has 1 aromatic rings. The lowest BCUT2D eigenvalue weighted by Gasteiger charge is -2.47.